The van der Waals surface area contributed by atoms with Crippen molar-refractivity contribution >= 4 is 35.2 Å². The minimum Gasteiger partial charge on any atom is -0.449 e. The molecule has 1 saturated heterocycles. The Morgan fingerprint density at radius 1 is 1.31 bits per heavy atom. The molecule has 7 heteroatoms. The molecule has 2 N–H and O–H groups in total. The summed E-state index contributed by atoms with van der Waals surface area (Å²) in [6.07, 6.45) is 5.08. The van der Waals surface area contributed by atoms with Crippen molar-refractivity contribution in [2.45, 2.75) is 26.2 Å². The van der Waals surface area contributed by atoms with E-state index < -0.39 is 0 Å². The Morgan fingerprint density at radius 3 is 2.97 bits per heavy atom. The van der Waals surface area contributed by atoms with Crippen molar-refractivity contribution in [3.05, 3.63) is 64.4 Å². The maximum Gasteiger partial charge on any atom is 0.291 e. The minimum absolute atomic E-state index is 0.148. The van der Waals surface area contributed by atoms with Crippen molar-refractivity contribution in [3.8, 4) is 5.75 Å². The molecule has 0 radical (unpaired) electrons. The molecule has 2 aromatic rings. The van der Waals surface area contributed by atoms with E-state index in [1.54, 1.807) is 36.4 Å². The fraction of sp³-hybridized carbons (Fsp3) is 0.360. The van der Waals surface area contributed by atoms with Gasteiger partial charge in [-0.05, 0) is 74.2 Å². The number of amides is 2. The van der Waals surface area contributed by atoms with Crippen molar-refractivity contribution in [2.75, 3.05) is 31.5 Å². The molecule has 6 nitrogen and oxygen atoms in total. The highest BCUT2D eigenvalue weighted by molar-refractivity contribution is 6.32. The highest BCUT2D eigenvalue weighted by atomic mass is 35.5. The van der Waals surface area contributed by atoms with Gasteiger partial charge in [-0.15, -0.1) is 0 Å². The van der Waals surface area contributed by atoms with Crippen LogP contribution in [0.5, 0.6) is 5.75 Å². The number of hydrogen-bond acceptors (Lipinski definition) is 4. The number of benzene rings is 2. The van der Waals surface area contributed by atoms with E-state index in [2.05, 4.69) is 22.5 Å². The predicted molar refractivity (Wildman–Crippen MR) is 127 cm³/mol. The van der Waals surface area contributed by atoms with Crippen LogP contribution in [0, 0.1) is 5.92 Å². The second kappa shape index (κ2) is 10.2. The van der Waals surface area contributed by atoms with Gasteiger partial charge in [0.25, 0.3) is 11.8 Å². The largest absolute Gasteiger partial charge is 0.449 e. The summed E-state index contributed by atoms with van der Waals surface area (Å²) in [6, 6.07) is 12.2. The van der Waals surface area contributed by atoms with E-state index in [-0.39, 0.29) is 17.6 Å². The lowest BCUT2D eigenvalue weighted by Crippen LogP contribution is -2.36. The zero-order valence-electron chi connectivity index (χ0n) is 18.2. The number of nitrogens with one attached hydrogen (secondary N) is 2. The second-order valence-corrected chi connectivity index (χ2v) is 8.86. The first-order valence-electron chi connectivity index (χ1n) is 11.1. The molecular formula is C25H28ClN3O3. The number of halogens is 1. The van der Waals surface area contributed by atoms with Gasteiger partial charge in [0.05, 0.1) is 5.69 Å². The van der Waals surface area contributed by atoms with Gasteiger partial charge in [-0.1, -0.05) is 36.7 Å². The average Bonchev–Trinajstić information content (AvgIpc) is 2.78. The van der Waals surface area contributed by atoms with Crippen LogP contribution in [0.1, 0.15) is 42.1 Å². The summed E-state index contributed by atoms with van der Waals surface area (Å²) in [6.45, 7) is 6.21. The second-order valence-electron chi connectivity index (χ2n) is 8.45. The molecule has 1 fully saturated rings. The van der Waals surface area contributed by atoms with E-state index in [4.69, 9.17) is 16.3 Å². The first-order chi connectivity index (χ1) is 15.5. The Bertz CT molecular complexity index is 1040. The maximum absolute atomic E-state index is 12.6. The molecule has 2 amide bonds. The Kier molecular flexibility index (Phi) is 7.12. The standard InChI is InChI=1S/C25H28ClN3O3/c1-17-6-4-12-29(16-17)13-5-11-27-24(30)19-9-10-22-21(14-19)28-25(31)23(32-22)15-18-7-2-3-8-20(18)26/h2-3,7-10,14-15,17H,4-6,11-13,16H2,1H3,(H,27,30)(H,28,31)/b23-15-. The topological polar surface area (TPSA) is 70.7 Å². The molecule has 4 rings (SSSR count). The van der Waals surface area contributed by atoms with E-state index >= 15 is 0 Å². The van der Waals surface area contributed by atoms with Gasteiger partial charge in [-0.25, -0.2) is 0 Å². The lowest BCUT2D eigenvalue weighted by atomic mass is 10.0. The normalized spacial score (nSPS) is 19.8. The highest BCUT2D eigenvalue weighted by Crippen LogP contribution is 2.33. The molecule has 0 aliphatic carbocycles. The summed E-state index contributed by atoms with van der Waals surface area (Å²) in [5.41, 5.74) is 1.65. The zero-order valence-corrected chi connectivity index (χ0v) is 19.0. The van der Waals surface area contributed by atoms with Crippen molar-refractivity contribution in [2.24, 2.45) is 5.92 Å². The van der Waals surface area contributed by atoms with Gasteiger partial charge in [0.15, 0.2) is 11.5 Å². The van der Waals surface area contributed by atoms with Crippen LogP contribution in [0.15, 0.2) is 48.2 Å². The van der Waals surface area contributed by atoms with Crippen LogP contribution in [0.3, 0.4) is 0 Å². The molecule has 0 bridgehead atoms. The number of piperidine rings is 1. The molecule has 2 aliphatic heterocycles. The predicted octanol–water partition coefficient (Wildman–Crippen LogP) is 4.56. The fourth-order valence-corrected chi connectivity index (χ4v) is 4.32. The molecule has 0 spiro atoms. The highest BCUT2D eigenvalue weighted by Gasteiger charge is 2.23. The third-order valence-electron chi connectivity index (χ3n) is 5.80. The number of anilines is 1. The maximum atomic E-state index is 12.6. The van der Waals surface area contributed by atoms with E-state index in [9.17, 15) is 9.59 Å². The third kappa shape index (κ3) is 5.50. The molecule has 168 valence electrons. The number of nitrogens with zero attached hydrogens (tertiary/aromatic N) is 1. The average molecular weight is 454 g/mol. The lowest BCUT2D eigenvalue weighted by molar-refractivity contribution is -0.115. The summed E-state index contributed by atoms with van der Waals surface area (Å²) < 4.78 is 5.77. The van der Waals surface area contributed by atoms with Gasteiger partial charge in [0, 0.05) is 23.7 Å². The van der Waals surface area contributed by atoms with E-state index in [0.717, 1.165) is 32.0 Å². The lowest BCUT2D eigenvalue weighted by Gasteiger charge is -2.30. The molecule has 2 heterocycles. The molecule has 2 aliphatic rings. The van der Waals surface area contributed by atoms with E-state index in [1.807, 2.05) is 12.1 Å². The fourth-order valence-electron chi connectivity index (χ4n) is 4.13. The number of likely N-dealkylation sites (tertiary alicyclic amines) is 1. The summed E-state index contributed by atoms with van der Waals surface area (Å²) in [7, 11) is 0. The van der Waals surface area contributed by atoms with Crippen LogP contribution in [-0.4, -0.2) is 42.9 Å². The Balaban J connectivity index is 1.34. The summed E-state index contributed by atoms with van der Waals surface area (Å²) >= 11 is 6.17. The number of carbonyl (C=O) groups excluding carboxylic acids is 2. The van der Waals surface area contributed by atoms with Crippen molar-refractivity contribution < 1.29 is 14.3 Å². The van der Waals surface area contributed by atoms with Gasteiger partial charge in [0.2, 0.25) is 0 Å². The van der Waals surface area contributed by atoms with Crippen LogP contribution >= 0.6 is 11.6 Å². The van der Waals surface area contributed by atoms with Crippen molar-refractivity contribution in [3.63, 3.8) is 0 Å². The summed E-state index contributed by atoms with van der Waals surface area (Å²) in [4.78, 5) is 27.5. The van der Waals surface area contributed by atoms with Crippen molar-refractivity contribution in [1.29, 1.82) is 0 Å². The molecule has 0 saturated carbocycles. The van der Waals surface area contributed by atoms with E-state index in [0.29, 0.717) is 34.1 Å². The Labute approximate surface area is 193 Å². The Hall–Kier alpha value is -2.83. The quantitative estimate of drug-likeness (QED) is 0.496. The number of rotatable bonds is 6. The molecule has 0 aromatic heterocycles. The molecular weight excluding hydrogens is 426 g/mol. The number of carbonyl (C=O) groups is 2. The van der Waals surface area contributed by atoms with Crippen LogP contribution in [-0.2, 0) is 4.79 Å². The zero-order chi connectivity index (χ0) is 22.5. The SMILES string of the molecule is CC1CCCN(CCCNC(=O)c2ccc3c(c2)NC(=O)/C(=C/c2ccccc2Cl)O3)C1. The number of ether oxygens (including phenoxy) is 1. The van der Waals surface area contributed by atoms with Crippen LogP contribution in [0.4, 0.5) is 5.69 Å². The Morgan fingerprint density at radius 2 is 2.16 bits per heavy atom. The van der Waals surface area contributed by atoms with Crippen LogP contribution in [0.25, 0.3) is 6.08 Å². The molecule has 1 unspecified atom stereocenters. The van der Waals surface area contributed by atoms with E-state index in [1.165, 1.54) is 12.8 Å². The van der Waals surface area contributed by atoms with Gasteiger partial charge >= 0.3 is 0 Å². The first-order valence-corrected chi connectivity index (χ1v) is 11.5. The monoisotopic (exact) mass is 453 g/mol. The van der Waals surface area contributed by atoms with Gasteiger partial charge < -0.3 is 20.3 Å². The molecule has 2 aromatic carbocycles. The number of fused-ring (bicyclic) bond motifs is 1. The minimum atomic E-state index is -0.384. The smallest absolute Gasteiger partial charge is 0.291 e. The summed E-state index contributed by atoms with van der Waals surface area (Å²) in [5.74, 6) is 0.844. The molecule has 1 atom stereocenters. The van der Waals surface area contributed by atoms with Gasteiger partial charge in [-0.3, -0.25) is 9.59 Å². The van der Waals surface area contributed by atoms with Gasteiger partial charge in [0.1, 0.15) is 0 Å². The van der Waals surface area contributed by atoms with Crippen LogP contribution in [0.2, 0.25) is 5.02 Å². The van der Waals surface area contributed by atoms with Crippen LogP contribution < -0.4 is 15.4 Å². The third-order valence-corrected chi connectivity index (χ3v) is 6.15. The summed E-state index contributed by atoms with van der Waals surface area (Å²) in [5, 5.41) is 6.30. The van der Waals surface area contributed by atoms with Gasteiger partial charge in [-0.2, -0.15) is 0 Å². The van der Waals surface area contributed by atoms with Crippen molar-refractivity contribution in [1.82, 2.24) is 10.2 Å². The molecule has 32 heavy (non-hydrogen) atoms. The number of hydrogen-bond donors (Lipinski definition) is 2. The first kappa shape index (κ1) is 22.4.